The van der Waals surface area contributed by atoms with Gasteiger partial charge in [0, 0.05) is 10.6 Å². The predicted molar refractivity (Wildman–Crippen MR) is 94.5 cm³/mol. The molecule has 0 radical (unpaired) electrons. The number of fused-ring (bicyclic) bond motifs is 1. The molecule has 2 nitrogen and oxygen atoms in total. The SMILES string of the molecule is Cc1ccccc1SCC(=O)Nc1ccc2ccccc2c1. The predicted octanol–water partition coefficient (Wildman–Crippen LogP) is 4.88. The monoisotopic (exact) mass is 307 g/mol. The van der Waals surface area contributed by atoms with Crippen molar-refractivity contribution in [2.24, 2.45) is 0 Å². The van der Waals surface area contributed by atoms with E-state index in [4.69, 9.17) is 0 Å². The maximum absolute atomic E-state index is 12.1. The second kappa shape index (κ2) is 6.67. The molecule has 0 aromatic heterocycles. The number of hydrogen-bond donors (Lipinski definition) is 1. The van der Waals surface area contributed by atoms with Crippen LogP contribution in [0, 0.1) is 6.92 Å². The summed E-state index contributed by atoms with van der Waals surface area (Å²) in [6, 6.07) is 22.2. The van der Waals surface area contributed by atoms with E-state index >= 15 is 0 Å². The van der Waals surface area contributed by atoms with Crippen molar-refractivity contribution in [3.8, 4) is 0 Å². The fourth-order valence-corrected chi connectivity index (χ4v) is 3.16. The molecule has 0 atom stereocenters. The van der Waals surface area contributed by atoms with Crippen LogP contribution < -0.4 is 5.32 Å². The van der Waals surface area contributed by atoms with Crippen LogP contribution in [0.1, 0.15) is 5.56 Å². The van der Waals surface area contributed by atoms with E-state index in [0.29, 0.717) is 5.75 Å². The minimum atomic E-state index is 0.0172. The quantitative estimate of drug-likeness (QED) is 0.696. The highest BCUT2D eigenvalue weighted by atomic mass is 32.2. The van der Waals surface area contributed by atoms with Gasteiger partial charge in [-0.15, -0.1) is 11.8 Å². The fraction of sp³-hybridized carbons (Fsp3) is 0.105. The van der Waals surface area contributed by atoms with Gasteiger partial charge in [0.1, 0.15) is 0 Å². The molecule has 1 N–H and O–H groups in total. The van der Waals surface area contributed by atoms with Gasteiger partial charge in [-0.2, -0.15) is 0 Å². The standard InChI is InChI=1S/C19H17NOS/c1-14-6-2-5-9-18(14)22-13-19(21)20-17-11-10-15-7-3-4-8-16(15)12-17/h2-12H,13H2,1H3,(H,20,21). The maximum atomic E-state index is 12.1. The number of carbonyl (C=O) groups is 1. The summed E-state index contributed by atoms with van der Waals surface area (Å²) >= 11 is 1.57. The summed E-state index contributed by atoms with van der Waals surface area (Å²) in [6.07, 6.45) is 0. The molecule has 0 fully saturated rings. The van der Waals surface area contributed by atoms with Gasteiger partial charge in [0.05, 0.1) is 5.75 Å². The number of anilines is 1. The lowest BCUT2D eigenvalue weighted by molar-refractivity contribution is -0.113. The zero-order valence-corrected chi connectivity index (χ0v) is 13.2. The van der Waals surface area contributed by atoms with Gasteiger partial charge in [0.15, 0.2) is 0 Å². The number of carbonyl (C=O) groups excluding carboxylic acids is 1. The van der Waals surface area contributed by atoms with Crippen LogP contribution in [0.4, 0.5) is 5.69 Å². The van der Waals surface area contributed by atoms with Gasteiger partial charge in [-0.25, -0.2) is 0 Å². The number of amides is 1. The molecule has 0 aliphatic heterocycles. The van der Waals surface area contributed by atoms with Crippen LogP contribution in [-0.4, -0.2) is 11.7 Å². The normalized spacial score (nSPS) is 10.6. The molecule has 0 aliphatic rings. The van der Waals surface area contributed by atoms with E-state index in [0.717, 1.165) is 16.0 Å². The summed E-state index contributed by atoms with van der Waals surface area (Å²) in [6.45, 7) is 2.06. The Labute approximate surface area is 134 Å². The van der Waals surface area contributed by atoms with E-state index in [1.807, 2.05) is 54.6 Å². The van der Waals surface area contributed by atoms with Crippen molar-refractivity contribution >= 4 is 34.1 Å². The summed E-state index contributed by atoms with van der Waals surface area (Å²) in [4.78, 5) is 13.3. The molecule has 0 bridgehead atoms. The van der Waals surface area contributed by atoms with Gasteiger partial charge < -0.3 is 5.32 Å². The van der Waals surface area contributed by atoms with Crippen LogP contribution in [0.25, 0.3) is 10.8 Å². The highest BCUT2D eigenvalue weighted by Gasteiger charge is 2.05. The first-order valence-electron chi connectivity index (χ1n) is 7.19. The highest BCUT2D eigenvalue weighted by molar-refractivity contribution is 8.00. The third kappa shape index (κ3) is 3.49. The molecule has 22 heavy (non-hydrogen) atoms. The molecule has 3 heteroatoms. The number of nitrogens with one attached hydrogen (secondary N) is 1. The third-order valence-corrected chi connectivity index (χ3v) is 4.66. The van der Waals surface area contributed by atoms with Crippen molar-refractivity contribution in [1.29, 1.82) is 0 Å². The Morgan fingerprint density at radius 3 is 2.50 bits per heavy atom. The van der Waals surface area contributed by atoms with Crippen molar-refractivity contribution < 1.29 is 4.79 Å². The lowest BCUT2D eigenvalue weighted by Crippen LogP contribution is -2.13. The zero-order valence-electron chi connectivity index (χ0n) is 12.4. The molecule has 0 spiro atoms. The molecule has 3 rings (SSSR count). The van der Waals surface area contributed by atoms with Crippen LogP contribution in [-0.2, 0) is 4.79 Å². The first-order chi connectivity index (χ1) is 10.7. The maximum Gasteiger partial charge on any atom is 0.234 e. The Bertz CT molecular complexity index is 813. The van der Waals surface area contributed by atoms with Gasteiger partial charge in [-0.3, -0.25) is 4.79 Å². The van der Waals surface area contributed by atoms with Crippen LogP contribution in [0.5, 0.6) is 0 Å². The molecular weight excluding hydrogens is 290 g/mol. The first-order valence-corrected chi connectivity index (χ1v) is 8.18. The van der Waals surface area contributed by atoms with E-state index in [1.54, 1.807) is 11.8 Å². The fourth-order valence-electron chi connectivity index (χ4n) is 2.33. The van der Waals surface area contributed by atoms with E-state index in [-0.39, 0.29) is 5.91 Å². The average molecular weight is 307 g/mol. The molecule has 110 valence electrons. The van der Waals surface area contributed by atoms with Gasteiger partial charge in [-0.1, -0.05) is 48.5 Å². The second-order valence-electron chi connectivity index (χ2n) is 5.16. The van der Waals surface area contributed by atoms with E-state index in [1.165, 1.54) is 10.9 Å². The molecule has 0 saturated carbocycles. The number of thioether (sulfide) groups is 1. The molecule has 3 aromatic carbocycles. The zero-order chi connectivity index (χ0) is 15.4. The Kier molecular flexibility index (Phi) is 4.45. The summed E-state index contributed by atoms with van der Waals surface area (Å²) < 4.78 is 0. The van der Waals surface area contributed by atoms with Crippen molar-refractivity contribution in [2.45, 2.75) is 11.8 Å². The Morgan fingerprint density at radius 2 is 1.68 bits per heavy atom. The number of hydrogen-bond acceptors (Lipinski definition) is 2. The smallest absolute Gasteiger partial charge is 0.234 e. The molecule has 0 heterocycles. The Balaban J connectivity index is 1.64. The van der Waals surface area contributed by atoms with Crippen LogP contribution in [0.15, 0.2) is 71.6 Å². The topological polar surface area (TPSA) is 29.1 Å². The van der Waals surface area contributed by atoms with Crippen LogP contribution in [0.2, 0.25) is 0 Å². The van der Waals surface area contributed by atoms with Crippen molar-refractivity contribution in [3.63, 3.8) is 0 Å². The van der Waals surface area contributed by atoms with E-state index < -0.39 is 0 Å². The minimum Gasteiger partial charge on any atom is -0.325 e. The summed E-state index contributed by atoms with van der Waals surface area (Å²) in [5.74, 6) is 0.432. The van der Waals surface area contributed by atoms with Crippen LogP contribution >= 0.6 is 11.8 Å². The van der Waals surface area contributed by atoms with Gasteiger partial charge in [0.2, 0.25) is 5.91 Å². The lowest BCUT2D eigenvalue weighted by Gasteiger charge is -2.08. The molecular formula is C19H17NOS. The molecule has 3 aromatic rings. The highest BCUT2D eigenvalue weighted by Crippen LogP contribution is 2.23. The molecule has 0 unspecified atom stereocenters. The summed E-state index contributed by atoms with van der Waals surface area (Å²) in [5, 5.41) is 5.27. The van der Waals surface area contributed by atoms with Crippen molar-refractivity contribution in [3.05, 3.63) is 72.3 Å². The summed E-state index contributed by atoms with van der Waals surface area (Å²) in [7, 11) is 0. The van der Waals surface area contributed by atoms with Gasteiger partial charge >= 0.3 is 0 Å². The average Bonchev–Trinajstić information content (AvgIpc) is 2.54. The summed E-state index contributed by atoms with van der Waals surface area (Å²) in [5.41, 5.74) is 2.04. The van der Waals surface area contributed by atoms with Crippen molar-refractivity contribution in [2.75, 3.05) is 11.1 Å². The number of rotatable bonds is 4. The van der Waals surface area contributed by atoms with E-state index in [9.17, 15) is 4.79 Å². The largest absolute Gasteiger partial charge is 0.325 e. The number of aryl methyl sites for hydroxylation is 1. The van der Waals surface area contributed by atoms with Crippen LogP contribution in [0.3, 0.4) is 0 Å². The van der Waals surface area contributed by atoms with Gasteiger partial charge in [-0.05, 0) is 41.5 Å². The third-order valence-electron chi connectivity index (χ3n) is 3.49. The minimum absolute atomic E-state index is 0.0172. The molecule has 0 saturated heterocycles. The Hall–Kier alpha value is -2.26. The molecule has 0 aliphatic carbocycles. The van der Waals surface area contributed by atoms with Crippen molar-refractivity contribution in [1.82, 2.24) is 0 Å². The second-order valence-corrected chi connectivity index (χ2v) is 6.18. The first kappa shape index (κ1) is 14.7. The van der Waals surface area contributed by atoms with Gasteiger partial charge in [0.25, 0.3) is 0 Å². The Morgan fingerprint density at radius 1 is 0.955 bits per heavy atom. The lowest BCUT2D eigenvalue weighted by atomic mass is 10.1. The van der Waals surface area contributed by atoms with E-state index in [2.05, 4.69) is 24.4 Å². The number of benzene rings is 3. The molecule has 1 amide bonds.